The Hall–Kier alpha value is -3.03. The number of ether oxygens (including phenoxy) is 3. The van der Waals surface area contributed by atoms with Gasteiger partial charge in [-0.25, -0.2) is 10.9 Å². The van der Waals surface area contributed by atoms with Crippen LogP contribution in [0.5, 0.6) is 17.2 Å². The SMILES string of the molecule is COc1ccc(C2NNC3NC4=C(C(=O)CC(C)(C)C4)C(c4ccc(OC)c(OC)c4)C32)cc1. The Morgan fingerprint density at radius 3 is 2.24 bits per heavy atom. The number of rotatable bonds is 5. The van der Waals surface area contributed by atoms with E-state index in [9.17, 15) is 4.79 Å². The second-order valence-electron chi connectivity index (χ2n) is 10.2. The van der Waals surface area contributed by atoms with Crippen molar-refractivity contribution in [2.24, 2.45) is 11.3 Å². The molecule has 7 nitrogen and oxygen atoms in total. The van der Waals surface area contributed by atoms with Crippen molar-refractivity contribution >= 4 is 5.78 Å². The summed E-state index contributed by atoms with van der Waals surface area (Å²) >= 11 is 0. The minimum Gasteiger partial charge on any atom is -0.497 e. The van der Waals surface area contributed by atoms with Gasteiger partial charge in [0.15, 0.2) is 17.3 Å². The molecule has 1 aliphatic carbocycles. The average molecular weight is 464 g/mol. The van der Waals surface area contributed by atoms with Gasteiger partial charge in [0.05, 0.1) is 33.5 Å². The summed E-state index contributed by atoms with van der Waals surface area (Å²) in [7, 11) is 4.95. The highest BCUT2D eigenvalue weighted by molar-refractivity contribution is 5.99. The molecule has 2 aromatic rings. The minimum atomic E-state index is -0.0979. The Morgan fingerprint density at radius 2 is 1.56 bits per heavy atom. The number of Topliss-reactive ketones (excluding diaryl/α,β-unsaturated/α-hetero) is 1. The molecule has 4 atom stereocenters. The number of hydrogen-bond acceptors (Lipinski definition) is 7. The Labute approximate surface area is 200 Å². The Morgan fingerprint density at radius 1 is 0.853 bits per heavy atom. The summed E-state index contributed by atoms with van der Waals surface area (Å²) in [5.74, 6) is 2.35. The van der Waals surface area contributed by atoms with Crippen molar-refractivity contribution in [1.29, 1.82) is 0 Å². The molecule has 1 fully saturated rings. The van der Waals surface area contributed by atoms with E-state index in [1.165, 1.54) is 0 Å². The number of carbonyl (C=O) groups is 1. The van der Waals surface area contributed by atoms with E-state index in [0.717, 1.165) is 34.6 Å². The van der Waals surface area contributed by atoms with E-state index in [-0.39, 0.29) is 35.2 Å². The molecule has 180 valence electrons. The van der Waals surface area contributed by atoms with E-state index in [1.54, 1.807) is 21.3 Å². The van der Waals surface area contributed by atoms with Crippen LogP contribution in [0.2, 0.25) is 0 Å². The molecule has 5 rings (SSSR count). The summed E-state index contributed by atoms with van der Waals surface area (Å²) in [4.78, 5) is 13.6. The third-order valence-electron chi connectivity index (χ3n) is 7.35. The normalized spacial score (nSPS) is 27.5. The molecule has 7 heteroatoms. The number of nitrogens with one attached hydrogen (secondary N) is 3. The summed E-state index contributed by atoms with van der Waals surface area (Å²) < 4.78 is 16.5. The topological polar surface area (TPSA) is 80.9 Å². The van der Waals surface area contributed by atoms with Gasteiger partial charge < -0.3 is 19.5 Å². The standard InChI is InChI=1S/C27H33N3O4/c1-27(2)13-18-23(19(31)14-27)22(16-8-11-20(33-4)21(12-16)34-5)24-25(29-30-26(24)28-18)15-6-9-17(32-3)10-7-15/h6-12,22,24-26,28-30H,13-14H2,1-5H3. The Balaban J connectivity index is 1.64. The summed E-state index contributed by atoms with van der Waals surface area (Å²) in [5.41, 5.74) is 11.0. The molecule has 3 aliphatic rings. The smallest absolute Gasteiger partial charge is 0.161 e. The summed E-state index contributed by atoms with van der Waals surface area (Å²) in [6.45, 7) is 4.32. The lowest BCUT2D eigenvalue weighted by atomic mass is 9.65. The lowest BCUT2D eigenvalue weighted by molar-refractivity contribution is -0.118. The first kappa shape index (κ1) is 22.7. The average Bonchev–Trinajstić information content (AvgIpc) is 3.25. The predicted octanol–water partition coefficient (Wildman–Crippen LogP) is 3.83. The monoisotopic (exact) mass is 463 g/mol. The molecule has 2 aromatic carbocycles. The second kappa shape index (κ2) is 8.64. The van der Waals surface area contributed by atoms with E-state index >= 15 is 0 Å². The summed E-state index contributed by atoms with van der Waals surface area (Å²) in [5, 5.41) is 3.68. The third-order valence-corrected chi connectivity index (χ3v) is 7.35. The number of hydrazine groups is 1. The molecule has 0 amide bonds. The van der Waals surface area contributed by atoms with E-state index in [0.29, 0.717) is 17.9 Å². The first-order valence-electron chi connectivity index (χ1n) is 11.7. The molecule has 4 unspecified atom stereocenters. The van der Waals surface area contributed by atoms with Crippen LogP contribution in [0.4, 0.5) is 0 Å². The quantitative estimate of drug-likeness (QED) is 0.622. The second-order valence-corrected chi connectivity index (χ2v) is 10.2. The van der Waals surface area contributed by atoms with Gasteiger partial charge in [-0.3, -0.25) is 4.79 Å². The molecule has 0 aromatic heterocycles. The highest BCUT2D eigenvalue weighted by atomic mass is 16.5. The number of hydrogen-bond donors (Lipinski definition) is 3. The van der Waals surface area contributed by atoms with Gasteiger partial charge in [-0.2, -0.15) is 0 Å². The van der Waals surface area contributed by atoms with Crippen LogP contribution < -0.4 is 30.4 Å². The molecule has 0 radical (unpaired) electrons. The van der Waals surface area contributed by atoms with Gasteiger partial charge in [-0.15, -0.1) is 0 Å². The fourth-order valence-electron chi connectivity index (χ4n) is 5.84. The van der Waals surface area contributed by atoms with Gasteiger partial charge >= 0.3 is 0 Å². The van der Waals surface area contributed by atoms with Gasteiger partial charge in [0, 0.05) is 29.5 Å². The maximum atomic E-state index is 13.6. The Kier molecular flexibility index (Phi) is 5.78. The fraction of sp³-hybridized carbons (Fsp3) is 0.444. The van der Waals surface area contributed by atoms with E-state index in [2.05, 4.69) is 48.2 Å². The van der Waals surface area contributed by atoms with Gasteiger partial charge in [0.1, 0.15) is 5.75 Å². The molecule has 34 heavy (non-hydrogen) atoms. The van der Waals surface area contributed by atoms with Crippen LogP contribution in [0.3, 0.4) is 0 Å². The summed E-state index contributed by atoms with van der Waals surface area (Å²) in [6, 6.07) is 14.1. The lowest BCUT2D eigenvalue weighted by Gasteiger charge is -2.44. The zero-order valence-electron chi connectivity index (χ0n) is 20.4. The minimum absolute atomic E-state index is 0.00158. The van der Waals surface area contributed by atoms with Crippen molar-refractivity contribution < 1.29 is 19.0 Å². The number of ketones is 1. The van der Waals surface area contributed by atoms with Crippen LogP contribution in [-0.2, 0) is 4.79 Å². The van der Waals surface area contributed by atoms with E-state index in [4.69, 9.17) is 14.2 Å². The van der Waals surface area contributed by atoms with Gasteiger partial charge in [-0.1, -0.05) is 32.0 Å². The van der Waals surface area contributed by atoms with Crippen molar-refractivity contribution in [3.05, 3.63) is 64.9 Å². The van der Waals surface area contributed by atoms with Crippen molar-refractivity contribution in [3.63, 3.8) is 0 Å². The highest BCUT2D eigenvalue weighted by Crippen LogP contribution is 2.52. The Bertz CT molecular complexity index is 1130. The summed E-state index contributed by atoms with van der Waals surface area (Å²) in [6.07, 6.45) is 1.37. The molecule has 0 bridgehead atoms. The third kappa shape index (κ3) is 3.83. The van der Waals surface area contributed by atoms with Crippen LogP contribution in [0.25, 0.3) is 0 Å². The molecule has 2 aliphatic heterocycles. The number of fused-ring (bicyclic) bond motifs is 1. The van der Waals surface area contributed by atoms with E-state index in [1.807, 2.05) is 24.3 Å². The van der Waals surface area contributed by atoms with Gasteiger partial charge in [-0.05, 0) is 47.2 Å². The molecule has 3 N–H and O–H groups in total. The highest BCUT2D eigenvalue weighted by Gasteiger charge is 2.51. The van der Waals surface area contributed by atoms with Crippen molar-refractivity contribution in [3.8, 4) is 17.2 Å². The van der Waals surface area contributed by atoms with Crippen LogP contribution in [0.15, 0.2) is 53.7 Å². The number of allylic oxidation sites excluding steroid dienone is 2. The first-order chi connectivity index (χ1) is 16.3. The predicted molar refractivity (Wildman–Crippen MR) is 130 cm³/mol. The lowest BCUT2D eigenvalue weighted by Crippen LogP contribution is -2.51. The molecular weight excluding hydrogens is 430 g/mol. The van der Waals surface area contributed by atoms with Gasteiger partial charge in [0.25, 0.3) is 0 Å². The van der Waals surface area contributed by atoms with Crippen LogP contribution in [0, 0.1) is 11.3 Å². The zero-order valence-corrected chi connectivity index (χ0v) is 20.4. The maximum Gasteiger partial charge on any atom is 0.161 e. The first-order valence-corrected chi connectivity index (χ1v) is 11.7. The van der Waals surface area contributed by atoms with Crippen LogP contribution in [-0.4, -0.2) is 33.3 Å². The number of carbonyl (C=O) groups excluding carboxylic acids is 1. The van der Waals surface area contributed by atoms with Crippen LogP contribution >= 0.6 is 0 Å². The zero-order chi connectivity index (χ0) is 24.0. The van der Waals surface area contributed by atoms with E-state index < -0.39 is 0 Å². The van der Waals surface area contributed by atoms with Crippen LogP contribution in [0.1, 0.15) is 49.8 Å². The van der Waals surface area contributed by atoms with Gasteiger partial charge in [0.2, 0.25) is 0 Å². The van der Waals surface area contributed by atoms with Crippen molar-refractivity contribution in [1.82, 2.24) is 16.2 Å². The molecule has 1 saturated heterocycles. The van der Waals surface area contributed by atoms with Crippen molar-refractivity contribution in [2.45, 2.75) is 44.8 Å². The molecular formula is C27H33N3O4. The van der Waals surface area contributed by atoms with Crippen molar-refractivity contribution in [2.75, 3.05) is 21.3 Å². The maximum absolute atomic E-state index is 13.6. The fourth-order valence-corrected chi connectivity index (χ4v) is 5.84. The number of benzene rings is 2. The number of methoxy groups -OCH3 is 3. The molecule has 0 spiro atoms. The molecule has 0 saturated carbocycles. The molecule has 2 heterocycles. The largest absolute Gasteiger partial charge is 0.497 e.